The van der Waals surface area contributed by atoms with E-state index < -0.39 is 0 Å². The Morgan fingerprint density at radius 2 is 2.10 bits per heavy atom. The van der Waals surface area contributed by atoms with Crippen LogP contribution in [0.25, 0.3) is 10.9 Å². The van der Waals surface area contributed by atoms with Crippen molar-refractivity contribution in [1.29, 1.82) is 0 Å². The molecule has 2 aromatic heterocycles. The summed E-state index contributed by atoms with van der Waals surface area (Å²) in [6.07, 6.45) is 4.90. The van der Waals surface area contributed by atoms with Crippen molar-refractivity contribution in [3.63, 3.8) is 0 Å². The van der Waals surface area contributed by atoms with Crippen LogP contribution in [-0.2, 0) is 17.8 Å². The van der Waals surface area contributed by atoms with Crippen molar-refractivity contribution in [3.8, 4) is 5.75 Å². The Labute approximate surface area is 181 Å². The van der Waals surface area contributed by atoms with E-state index in [0.29, 0.717) is 19.5 Å². The lowest BCUT2D eigenvalue weighted by molar-refractivity contribution is -0.133. The highest BCUT2D eigenvalue weighted by atomic mass is 16.5. The number of benzene rings is 2. The Morgan fingerprint density at radius 3 is 2.87 bits per heavy atom. The van der Waals surface area contributed by atoms with Gasteiger partial charge < -0.3 is 14.6 Å². The predicted octanol–water partition coefficient (Wildman–Crippen LogP) is 4.25. The monoisotopic (exact) mass is 414 g/mol. The molecule has 6 nitrogen and oxygen atoms in total. The van der Waals surface area contributed by atoms with E-state index in [1.54, 1.807) is 13.3 Å². The Balaban J connectivity index is 1.55. The fraction of sp³-hybridized carbons (Fsp3) is 0.280. The first-order valence-electron chi connectivity index (χ1n) is 10.7. The molecule has 3 heterocycles. The van der Waals surface area contributed by atoms with Crippen LogP contribution < -0.4 is 4.74 Å². The number of amides is 1. The lowest BCUT2D eigenvalue weighted by atomic mass is 9.91. The summed E-state index contributed by atoms with van der Waals surface area (Å²) in [5.41, 5.74) is 5.70. The van der Waals surface area contributed by atoms with Crippen LogP contribution in [0.1, 0.15) is 34.8 Å². The topological polar surface area (TPSA) is 63.1 Å². The maximum absolute atomic E-state index is 13.4. The molecular formula is C25H26N4O2. The number of ether oxygens (including phenoxy) is 1. The summed E-state index contributed by atoms with van der Waals surface area (Å²) < 4.78 is 7.27. The number of rotatable bonds is 5. The molecule has 4 aromatic rings. The second-order valence-corrected chi connectivity index (χ2v) is 8.05. The summed E-state index contributed by atoms with van der Waals surface area (Å²) in [5, 5.41) is 5.48. The second-order valence-electron chi connectivity index (χ2n) is 8.05. The maximum atomic E-state index is 13.4. The van der Waals surface area contributed by atoms with Gasteiger partial charge in [0.05, 0.1) is 13.2 Å². The molecule has 6 heteroatoms. The molecular weight excluding hydrogens is 388 g/mol. The highest BCUT2D eigenvalue weighted by Crippen LogP contribution is 2.39. The average Bonchev–Trinajstić information content (AvgIpc) is 3.44. The third-order valence-corrected chi connectivity index (χ3v) is 6.20. The molecule has 0 aliphatic carbocycles. The largest absolute Gasteiger partial charge is 0.496 e. The van der Waals surface area contributed by atoms with Crippen molar-refractivity contribution in [2.24, 2.45) is 0 Å². The molecule has 0 radical (unpaired) electrons. The molecule has 1 unspecified atom stereocenters. The smallest absolute Gasteiger partial charge is 0.225 e. The van der Waals surface area contributed by atoms with Gasteiger partial charge in [0.15, 0.2) is 0 Å². The summed E-state index contributed by atoms with van der Waals surface area (Å²) in [7, 11) is 1.68. The van der Waals surface area contributed by atoms with E-state index in [4.69, 9.17) is 4.74 Å². The standard InChI is InChI=1S/C25H26N4O2/c1-17-16-18(8-9-22(17)31-2)25-24-20(19-6-3-4-7-21(19)27-24)10-15-29(25)23(30)11-14-28-13-5-12-26-28/h3-9,12-13,16,25,27H,10-11,14-15H2,1-2H3. The minimum Gasteiger partial charge on any atom is -0.496 e. The SMILES string of the molecule is COc1ccc(C2c3[nH]c4ccccc4c3CCN2C(=O)CCn2cccn2)cc1C. The quantitative estimate of drug-likeness (QED) is 0.531. The van der Waals surface area contributed by atoms with E-state index in [9.17, 15) is 4.79 Å². The Morgan fingerprint density at radius 1 is 1.23 bits per heavy atom. The fourth-order valence-electron chi connectivity index (χ4n) is 4.71. The number of carbonyl (C=O) groups excluding carboxylic acids is 1. The number of fused-ring (bicyclic) bond motifs is 3. The minimum absolute atomic E-state index is 0.137. The summed E-state index contributed by atoms with van der Waals surface area (Å²) in [6.45, 7) is 3.32. The molecule has 1 aliphatic heterocycles. The number of para-hydroxylation sites is 1. The van der Waals surface area contributed by atoms with Gasteiger partial charge in [-0.15, -0.1) is 0 Å². The van der Waals surface area contributed by atoms with Crippen LogP contribution in [0, 0.1) is 6.92 Å². The number of nitrogens with zero attached hydrogens (tertiary/aromatic N) is 3. The van der Waals surface area contributed by atoms with Crippen molar-refractivity contribution in [1.82, 2.24) is 19.7 Å². The average molecular weight is 415 g/mol. The van der Waals surface area contributed by atoms with Gasteiger partial charge in [0, 0.05) is 48.5 Å². The van der Waals surface area contributed by atoms with Gasteiger partial charge >= 0.3 is 0 Å². The van der Waals surface area contributed by atoms with Crippen LogP contribution in [0.2, 0.25) is 0 Å². The first kappa shape index (κ1) is 19.4. The van der Waals surface area contributed by atoms with Crippen molar-refractivity contribution >= 4 is 16.8 Å². The molecule has 31 heavy (non-hydrogen) atoms. The molecule has 0 spiro atoms. The van der Waals surface area contributed by atoms with Crippen molar-refractivity contribution in [2.45, 2.75) is 32.4 Å². The molecule has 1 N–H and O–H groups in total. The van der Waals surface area contributed by atoms with E-state index in [1.165, 1.54) is 10.9 Å². The molecule has 0 saturated heterocycles. The highest BCUT2D eigenvalue weighted by molar-refractivity contribution is 5.86. The maximum Gasteiger partial charge on any atom is 0.225 e. The lowest BCUT2D eigenvalue weighted by Crippen LogP contribution is -2.41. The number of nitrogens with one attached hydrogen (secondary N) is 1. The van der Waals surface area contributed by atoms with Crippen molar-refractivity contribution in [2.75, 3.05) is 13.7 Å². The summed E-state index contributed by atoms with van der Waals surface area (Å²) in [5.74, 6) is 0.992. The van der Waals surface area contributed by atoms with Gasteiger partial charge in [-0.25, -0.2) is 0 Å². The van der Waals surface area contributed by atoms with Crippen molar-refractivity contribution in [3.05, 3.63) is 83.3 Å². The number of methoxy groups -OCH3 is 1. The van der Waals surface area contributed by atoms with Gasteiger partial charge in [-0.1, -0.05) is 24.3 Å². The number of hydrogen-bond acceptors (Lipinski definition) is 3. The summed E-state index contributed by atoms with van der Waals surface area (Å²) in [6, 6.07) is 16.3. The van der Waals surface area contributed by atoms with Gasteiger partial charge in [0.2, 0.25) is 5.91 Å². The van der Waals surface area contributed by atoms with E-state index in [2.05, 4.69) is 40.4 Å². The zero-order valence-electron chi connectivity index (χ0n) is 17.8. The van der Waals surface area contributed by atoms with Crippen molar-refractivity contribution < 1.29 is 9.53 Å². The lowest BCUT2D eigenvalue weighted by Gasteiger charge is -2.36. The van der Waals surface area contributed by atoms with Gasteiger partial charge in [-0.3, -0.25) is 9.48 Å². The van der Waals surface area contributed by atoms with Crippen LogP contribution in [-0.4, -0.2) is 39.2 Å². The first-order chi connectivity index (χ1) is 15.2. The van der Waals surface area contributed by atoms with Crippen LogP contribution >= 0.6 is 0 Å². The van der Waals surface area contributed by atoms with Crippen LogP contribution in [0.15, 0.2) is 60.9 Å². The molecule has 0 fully saturated rings. The molecule has 1 amide bonds. The molecule has 1 atom stereocenters. The Kier molecular flexibility index (Phi) is 4.98. The van der Waals surface area contributed by atoms with E-state index in [0.717, 1.165) is 34.5 Å². The van der Waals surface area contributed by atoms with Crippen LogP contribution in [0.3, 0.4) is 0 Å². The normalized spacial score (nSPS) is 15.8. The van der Waals surface area contributed by atoms with E-state index in [1.807, 2.05) is 40.9 Å². The van der Waals surface area contributed by atoms with Gasteiger partial charge in [0.1, 0.15) is 5.75 Å². The van der Waals surface area contributed by atoms with E-state index in [-0.39, 0.29) is 11.9 Å². The molecule has 0 saturated carbocycles. The third-order valence-electron chi connectivity index (χ3n) is 6.20. The predicted molar refractivity (Wildman–Crippen MR) is 120 cm³/mol. The summed E-state index contributed by atoms with van der Waals surface area (Å²) >= 11 is 0. The molecule has 1 aliphatic rings. The second kappa shape index (κ2) is 7.95. The minimum atomic E-state index is -0.147. The highest BCUT2D eigenvalue weighted by Gasteiger charge is 2.34. The van der Waals surface area contributed by atoms with Gasteiger partial charge in [-0.2, -0.15) is 5.10 Å². The zero-order chi connectivity index (χ0) is 21.4. The number of hydrogen-bond donors (Lipinski definition) is 1. The summed E-state index contributed by atoms with van der Waals surface area (Å²) in [4.78, 5) is 19.0. The van der Waals surface area contributed by atoms with Crippen LogP contribution in [0.4, 0.5) is 0 Å². The van der Waals surface area contributed by atoms with Gasteiger partial charge in [-0.05, 0) is 54.3 Å². The number of aromatic amines is 1. The van der Waals surface area contributed by atoms with Gasteiger partial charge in [0.25, 0.3) is 0 Å². The molecule has 0 bridgehead atoms. The fourth-order valence-corrected chi connectivity index (χ4v) is 4.71. The number of aryl methyl sites for hydroxylation is 2. The molecule has 158 valence electrons. The first-order valence-corrected chi connectivity index (χ1v) is 10.7. The Hall–Kier alpha value is -3.54. The zero-order valence-corrected chi connectivity index (χ0v) is 17.8. The third kappa shape index (κ3) is 3.48. The number of H-pyrrole nitrogens is 1. The number of carbonyl (C=O) groups is 1. The van der Waals surface area contributed by atoms with E-state index >= 15 is 0 Å². The van der Waals surface area contributed by atoms with Crippen LogP contribution in [0.5, 0.6) is 5.75 Å². The molecule has 2 aromatic carbocycles. The Bertz CT molecular complexity index is 1230. The molecule has 5 rings (SSSR count). The number of aromatic nitrogens is 3.